The van der Waals surface area contributed by atoms with Crippen molar-refractivity contribution in [3.8, 4) is 17.0 Å². The van der Waals surface area contributed by atoms with Crippen LogP contribution in [0.1, 0.15) is 48.7 Å². The van der Waals surface area contributed by atoms with E-state index in [4.69, 9.17) is 4.74 Å². The van der Waals surface area contributed by atoms with E-state index in [0.29, 0.717) is 11.3 Å². The van der Waals surface area contributed by atoms with Crippen LogP contribution in [0.15, 0.2) is 36.5 Å². The van der Waals surface area contributed by atoms with Crippen molar-refractivity contribution in [2.45, 2.75) is 45.1 Å². The van der Waals surface area contributed by atoms with Gasteiger partial charge >= 0.3 is 0 Å². The Labute approximate surface area is 217 Å². The number of fused-ring (bicyclic) bond motifs is 1. The molecule has 3 heterocycles. The van der Waals surface area contributed by atoms with E-state index in [-0.39, 0.29) is 23.8 Å². The molecule has 2 aromatic heterocycles. The smallest absolute Gasteiger partial charge is 0.272 e. The number of benzene rings is 1. The molecular formula is C28H36N6O3. The number of aryl methyl sites for hydroxylation is 1. The first-order valence-electron chi connectivity index (χ1n) is 13.3. The van der Waals surface area contributed by atoms with Gasteiger partial charge in [0.05, 0.1) is 12.8 Å². The van der Waals surface area contributed by atoms with Crippen LogP contribution < -0.4 is 10.1 Å². The monoisotopic (exact) mass is 504 g/mol. The molecule has 2 aliphatic rings. The molecule has 0 atom stereocenters. The van der Waals surface area contributed by atoms with Gasteiger partial charge in [0.25, 0.3) is 5.91 Å². The van der Waals surface area contributed by atoms with E-state index in [1.165, 1.54) is 0 Å². The van der Waals surface area contributed by atoms with Crippen LogP contribution in [0, 0.1) is 5.92 Å². The van der Waals surface area contributed by atoms with Gasteiger partial charge in [-0.15, -0.1) is 0 Å². The molecule has 1 aliphatic heterocycles. The normalized spacial score (nSPS) is 20.7. The molecule has 3 aromatic rings. The van der Waals surface area contributed by atoms with Crippen LogP contribution >= 0.6 is 0 Å². The van der Waals surface area contributed by atoms with Crippen molar-refractivity contribution in [3.05, 3.63) is 47.8 Å². The van der Waals surface area contributed by atoms with Gasteiger partial charge in [0, 0.05) is 56.0 Å². The number of carbonyl (C=O) groups excluding carboxylic acids is 2. The molecule has 1 N–H and O–H groups in total. The third-order valence-corrected chi connectivity index (χ3v) is 7.78. The van der Waals surface area contributed by atoms with Gasteiger partial charge in [0.2, 0.25) is 5.91 Å². The molecule has 37 heavy (non-hydrogen) atoms. The van der Waals surface area contributed by atoms with E-state index in [0.717, 1.165) is 80.9 Å². The number of hydrogen-bond donors (Lipinski definition) is 1. The largest absolute Gasteiger partial charge is 0.496 e. The first kappa shape index (κ1) is 25.2. The number of aromatic nitrogens is 3. The maximum absolute atomic E-state index is 13.1. The minimum atomic E-state index is -0.204. The van der Waals surface area contributed by atoms with E-state index in [1.54, 1.807) is 23.9 Å². The highest BCUT2D eigenvalue weighted by atomic mass is 16.5. The van der Waals surface area contributed by atoms with Crippen LogP contribution in [-0.4, -0.2) is 82.6 Å². The number of nitrogens with one attached hydrogen (secondary N) is 1. The first-order valence-corrected chi connectivity index (χ1v) is 13.3. The van der Waals surface area contributed by atoms with Crippen LogP contribution in [0.2, 0.25) is 0 Å². The fourth-order valence-electron chi connectivity index (χ4n) is 5.45. The Bertz CT molecular complexity index is 1270. The third kappa shape index (κ3) is 5.32. The Hall–Kier alpha value is -3.46. The molecule has 2 fully saturated rings. The van der Waals surface area contributed by atoms with E-state index in [2.05, 4.69) is 40.3 Å². The van der Waals surface area contributed by atoms with Crippen molar-refractivity contribution < 1.29 is 14.3 Å². The van der Waals surface area contributed by atoms with Gasteiger partial charge in [-0.3, -0.25) is 9.59 Å². The molecule has 5 rings (SSSR count). The van der Waals surface area contributed by atoms with Gasteiger partial charge in [-0.05, 0) is 56.8 Å². The van der Waals surface area contributed by atoms with Crippen molar-refractivity contribution in [1.82, 2.24) is 29.7 Å². The number of amides is 2. The fraction of sp³-hybridized carbons (Fsp3) is 0.500. The quantitative estimate of drug-likeness (QED) is 0.555. The number of piperazine rings is 1. The Morgan fingerprint density at radius 1 is 1.05 bits per heavy atom. The summed E-state index contributed by atoms with van der Waals surface area (Å²) in [4.78, 5) is 34.7. The lowest BCUT2D eigenvalue weighted by Gasteiger charge is -2.36. The lowest BCUT2D eigenvalue weighted by atomic mass is 9.85. The number of rotatable bonds is 6. The minimum absolute atomic E-state index is 0.0483. The number of likely N-dealkylation sites (N-methyl/N-ethyl adjacent to an activating group) is 1. The van der Waals surface area contributed by atoms with Crippen LogP contribution in [0.3, 0.4) is 0 Å². The van der Waals surface area contributed by atoms with Gasteiger partial charge in [0.1, 0.15) is 5.75 Å². The summed E-state index contributed by atoms with van der Waals surface area (Å²) in [7, 11) is 3.77. The van der Waals surface area contributed by atoms with E-state index in [9.17, 15) is 9.59 Å². The van der Waals surface area contributed by atoms with Crippen molar-refractivity contribution in [2.75, 3.05) is 40.3 Å². The Kier molecular flexibility index (Phi) is 7.41. The number of ether oxygens (including phenoxy) is 1. The van der Waals surface area contributed by atoms with Crippen molar-refractivity contribution >= 4 is 17.5 Å². The van der Waals surface area contributed by atoms with Gasteiger partial charge in [-0.2, -0.15) is 5.10 Å². The molecule has 1 aliphatic carbocycles. The topological polar surface area (TPSA) is 92.1 Å². The molecule has 9 heteroatoms. The second kappa shape index (κ2) is 10.9. The minimum Gasteiger partial charge on any atom is -0.496 e. The molecule has 0 bridgehead atoms. The Morgan fingerprint density at radius 3 is 2.51 bits per heavy atom. The molecule has 1 aromatic carbocycles. The molecule has 9 nitrogen and oxygen atoms in total. The lowest BCUT2D eigenvalue weighted by Crippen LogP contribution is -2.50. The van der Waals surface area contributed by atoms with Crippen LogP contribution in [-0.2, 0) is 11.2 Å². The molecule has 2 amide bonds. The number of hydrogen-bond acceptors (Lipinski definition) is 6. The second-order valence-electron chi connectivity index (χ2n) is 10.2. The summed E-state index contributed by atoms with van der Waals surface area (Å²) in [5, 5.41) is 7.74. The predicted molar refractivity (Wildman–Crippen MR) is 142 cm³/mol. The summed E-state index contributed by atoms with van der Waals surface area (Å²) in [6, 6.07) is 9.76. The molecular weight excluding hydrogens is 468 g/mol. The van der Waals surface area contributed by atoms with Crippen molar-refractivity contribution in [1.29, 1.82) is 0 Å². The molecule has 0 radical (unpaired) electrons. The maximum atomic E-state index is 13.1. The van der Waals surface area contributed by atoms with Gasteiger partial charge in [-0.25, -0.2) is 9.50 Å². The van der Waals surface area contributed by atoms with E-state index < -0.39 is 0 Å². The van der Waals surface area contributed by atoms with E-state index in [1.807, 2.05) is 23.1 Å². The summed E-state index contributed by atoms with van der Waals surface area (Å²) in [5.74, 6) is 0.969. The summed E-state index contributed by atoms with van der Waals surface area (Å²) in [5.41, 5.74) is 3.88. The SMILES string of the molecule is CCc1ccc(-c2ccnc3cc(C(=O)NC4CCC(C(=O)N5CCN(C)CC5)CC4)nn23)cc1OC. The highest BCUT2D eigenvalue weighted by Crippen LogP contribution is 2.29. The predicted octanol–water partition coefficient (Wildman–Crippen LogP) is 3.03. The van der Waals surface area contributed by atoms with Gasteiger partial charge < -0.3 is 19.9 Å². The molecule has 1 saturated carbocycles. The summed E-state index contributed by atoms with van der Waals surface area (Å²) in [6.07, 6.45) is 5.83. The first-order chi connectivity index (χ1) is 18.0. The standard InChI is InChI=1S/C28H36N6O3/c1-4-19-5-6-21(17-25(19)37-3)24-11-12-29-26-18-23(31-34(24)26)27(35)30-22-9-7-20(8-10-22)28(36)33-15-13-32(2)14-16-33/h5-6,11-12,17-18,20,22H,4,7-10,13-16H2,1-3H3,(H,30,35). The average Bonchev–Trinajstić information content (AvgIpc) is 3.38. The average molecular weight is 505 g/mol. The van der Waals surface area contributed by atoms with Gasteiger partial charge in [0.15, 0.2) is 11.3 Å². The number of nitrogens with zero attached hydrogens (tertiary/aromatic N) is 5. The van der Waals surface area contributed by atoms with Crippen LogP contribution in [0.25, 0.3) is 16.9 Å². The van der Waals surface area contributed by atoms with E-state index >= 15 is 0 Å². The van der Waals surface area contributed by atoms with Crippen molar-refractivity contribution in [2.24, 2.45) is 5.92 Å². The molecule has 0 spiro atoms. The number of carbonyl (C=O) groups is 2. The Balaban J connectivity index is 1.24. The summed E-state index contributed by atoms with van der Waals surface area (Å²) in [6.45, 7) is 5.59. The maximum Gasteiger partial charge on any atom is 0.272 e. The highest BCUT2D eigenvalue weighted by Gasteiger charge is 2.31. The Morgan fingerprint density at radius 2 is 1.81 bits per heavy atom. The zero-order chi connectivity index (χ0) is 25.9. The number of methoxy groups -OCH3 is 1. The lowest BCUT2D eigenvalue weighted by molar-refractivity contribution is -0.138. The molecule has 1 saturated heterocycles. The fourth-order valence-corrected chi connectivity index (χ4v) is 5.45. The molecule has 196 valence electrons. The third-order valence-electron chi connectivity index (χ3n) is 7.78. The molecule has 0 unspecified atom stereocenters. The summed E-state index contributed by atoms with van der Waals surface area (Å²) < 4.78 is 7.27. The van der Waals surface area contributed by atoms with Gasteiger partial charge in [-0.1, -0.05) is 19.1 Å². The van der Waals surface area contributed by atoms with Crippen LogP contribution in [0.4, 0.5) is 0 Å². The highest BCUT2D eigenvalue weighted by molar-refractivity contribution is 5.93. The summed E-state index contributed by atoms with van der Waals surface area (Å²) >= 11 is 0. The van der Waals surface area contributed by atoms with Crippen LogP contribution in [0.5, 0.6) is 5.75 Å². The zero-order valence-corrected chi connectivity index (χ0v) is 21.9. The van der Waals surface area contributed by atoms with Crippen molar-refractivity contribution in [3.63, 3.8) is 0 Å². The zero-order valence-electron chi connectivity index (χ0n) is 21.9. The second-order valence-corrected chi connectivity index (χ2v) is 10.2.